The summed E-state index contributed by atoms with van der Waals surface area (Å²) in [4.78, 5) is 2.22. The number of hydrogen-bond acceptors (Lipinski definition) is 6. The summed E-state index contributed by atoms with van der Waals surface area (Å²) in [5.74, 6) is 0.743. The Morgan fingerprint density at radius 1 is 1.00 bits per heavy atom. The zero-order valence-corrected chi connectivity index (χ0v) is 18.4. The van der Waals surface area contributed by atoms with Gasteiger partial charge in [0.15, 0.2) is 17.1 Å². The number of anilines is 2. The number of nitrogens with zero attached hydrogens (tertiary/aromatic N) is 2. The average Bonchev–Trinajstić information content (AvgIpc) is 3.26. The Kier molecular flexibility index (Phi) is 5.71. The molecule has 1 aliphatic rings. The Labute approximate surface area is 180 Å². The molecular formula is C21H23ClN2O5S. The van der Waals surface area contributed by atoms with Gasteiger partial charge in [-0.25, -0.2) is 0 Å². The lowest BCUT2D eigenvalue weighted by atomic mass is 10.1. The van der Waals surface area contributed by atoms with Crippen LogP contribution in [0.25, 0.3) is 11.0 Å². The first-order valence-corrected chi connectivity index (χ1v) is 11.4. The van der Waals surface area contributed by atoms with Crippen molar-refractivity contribution in [2.24, 2.45) is 0 Å². The summed E-state index contributed by atoms with van der Waals surface area (Å²) in [6, 6.07) is 9.65. The summed E-state index contributed by atoms with van der Waals surface area (Å²) in [5, 5.41) is 0.793. The Morgan fingerprint density at radius 3 is 2.43 bits per heavy atom. The SMILES string of the molecule is COc1ccc(S(=O)(=O)N(Cl)c2cc(N3CCCCC3)c3occc3c2)cc1OC. The molecule has 0 N–H and O–H groups in total. The maximum absolute atomic E-state index is 13.2. The van der Waals surface area contributed by atoms with Crippen molar-refractivity contribution in [2.75, 3.05) is 36.0 Å². The number of sulfonamides is 1. The number of methoxy groups -OCH3 is 2. The van der Waals surface area contributed by atoms with Gasteiger partial charge in [-0.3, -0.25) is 0 Å². The van der Waals surface area contributed by atoms with Crippen molar-refractivity contribution in [1.82, 2.24) is 0 Å². The highest BCUT2D eigenvalue weighted by molar-refractivity contribution is 7.94. The third kappa shape index (κ3) is 3.65. The molecule has 30 heavy (non-hydrogen) atoms. The minimum Gasteiger partial charge on any atom is -0.493 e. The molecule has 1 aliphatic heterocycles. The molecule has 0 amide bonds. The molecule has 2 aromatic carbocycles. The first kappa shape index (κ1) is 20.7. The molecule has 160 valence electrons. The fourth-order valence-electron chi connectivity index (χ4n) is 3.73. The maximum Gasteiger partial charge on any atom is 0.278 e. The number of furan rings is 1. The van der Waals surface area contributed by atoms with Crippen molar-refractivity contribution in [1.29, 1.82) is 0 Å². The predicted octanol–water partition coefficient (Wildman–Crippen LogP) is 4.79. The van der Waals surface area contributed by atoms with E-state index >= 15 is 0 Å². The summed E-state index contributed by atoms with van der Waals surface area (Å²) in [6.45, 7) is 1.79. The molecule has 1 saturated heterocycles. The average molecular weight is 451 g/mol. The third-order valence-electron chi connectivity index (χ3n) is 5.28. The van der Waals surface area contributed by atoms with Gasteiger partial charge in [0, 0.05) is 36.3 Å². The molecule has 1 aromatic heterocycles. The normalized spacial score (nSPS) is 14.7. The quantitative estimate of drug-likeness (QED) is 0.503. The van der Waals surface area contributed by atoms with E-state index < -0.39 is 10.0 Å². The van der Waals surface area contributed by atoms with Crippen molar-refractivity contribution in [3.63, 3.8) is 0 Å². The molecule has 0 atom stereocenters. The van der Waals surface area contributed by atoms with E-state index in [4.69, 9.17) is 25.7 Å². The van der Waals surface area contributed by atoms with E-state index in [2.05, 4.69) is 4.90 Å². The van der Waals surface area contributed by atoms with Crippen LogP contribution in [0, 0.1) is 0 Å². The molecule has 0 unspecified atom stereocenters. The van der Waals surface area contributed by atoms with E-state index in [1.165, 1.54) is 38.8 Å². The van der Waals surface area contributed by atoms with Crippen molar-refractivity contribution in [2.45, 2.75) is 24.2 Å². The summed E-state index contributed by atoms with van der Waals surface area (Å²) < 4.78 is 43.3. The van der Waals surface area contributed by atoms with Gasteiger partial charge >= 0.3 is 0 Å². The Hall–Kier alpha value is -2.58. The molecule has 0 aliphatic carbocycles. The Bertz CT molecular complexity index is 1160. The van der Waals surface area contributed by atoms with E-state index in [0.29, 0.717) is 17.2 Å². The lowest BCUT2D eigenvalue weighted by Crippen LogP contribution is -2.30. The van der Waals surface area contributed by atoms with E-state index in [9.17, 15) is 8.42 Å². The summed E-state index contributed by atoms with van der Waals surface area (Å²) in [7, 11) is -1.10. The number of piperidine rings is 1. The predicted molar refractivity (Wildman–Crippen MR) is 117 cm³/mol. The molecule has 0 radical (unpaired) electrons. The van der Waals surface area contributed by atoms with Crippen LogP contribution in [0.15, 0.2) is 52.0 Å². The summed E-state index contributed by atoms with van der Waals surface area (Å²) in [5.41, 5.74) is 1.93. The van der Waals surface area contributed by atoms with E-state index in [-0.39, 0.29) is 4.90 Å². The zero-order chi connectivity index (χ0) is 21.3. The third-order valence-corrected chi connectivity index (χ3v) is 7.50. The van der Waals surface area contributed by atoms with Crippen LogP contribution in [0.5, 0.6) is 11.5 Å². The lowest BCUT2D eigenvalue weighted by molar-refractivity contribution is 0.354. The second-order valence-electron chi connectivity index (χ2n) is 7.09. The molecule has 1 fully saturated rings. The van der Waals surface area contributed by atoms with Gasteiger partial charge < -0.3 is 18.8 Å². The van der Waals surface area contributed by atoms with Gasteiger partial charge in [0.05, 0.1) is 36.8 Å². The van der Waals surface area contributed by atoms with Crippen LogP contribution >= 0.6 is 11.8 Å². The highest BCUT2D eigenvalue weighted by Crippen LogP contribution is 2.38. The number of halogens is 1. The smallest absolute Gasteiger partial charge is 0.278 e. The van der Waals surface area contributed by atoms with Crippen molar-refractivity contribution < 1.29 is 22.3 Å². The number of ether oxygens (including phenoxy) is 2. The van der Waals surface area contributed by atoms with Crippen molar-refractivity contribution in [3.05, 3.63) is 42.7 Å². The van der Waals surface area contributed by atoms with Crippen LogP contribution in [-0.4, -0.2) is 35.7 Å². The van der Waals surface area contributed by atoms with Crippen LogP contribution in [-0.2, 0) is 10.0 Å². The fraction of sp³-hybridized carbons (Fsp3) is 0.333. The molecule has 2 heterocycles. The van der Waals surface area contributed by atoms with Crippen LogP contribution in [0.3, 0.4) is 0 Å². The van der Waals surface area contributed by atoms with Crippen LogP contribution < -0.4 is 18.2 Å². The second kappa shape index (κ2) is 8.28. The molecule has 7 nitrogen and oxygen atoms in total. The van der Waals surface area contributed by atoms with E-state index in [1.54, 1.807) is 24.5 Å². The van der Waals surface area contributed by atoms with Gasteiger partial charge in [-0.1, -0.05) is 0 Å². The van der Waals surface area contributed by atoms with Crippen molar-refractivity contribution in [3.8, 4) is 11.5 Å². The minimum absolute atomic E-state index is 0.00182. The van der Waals surface area contributed by atoms with Crippen LogP contribution in [0.2, 0.25) is 0 Å². The lowest BCUT2D eigenvalue weighted by Gasteiger charge is -2.29. The van der Waals surface area contributed by atoms with Gasteiger partial charge in [0.1, 0.15) is 0 Å². The summed E-state index contributed by atoms with van der Waals surface area (Å²) >= 11 is 6.40. The number of benzene rings is 2. The molecule has 4 rings (SSSR count). The number of rotatable bonds is 6. The van der Waals surface area contributed by atoms with Crippen molar-refractivity contribution >= 4 is 44.1 Å². The monoisotopic (exact) mass is 450 g/mol. The van der Waals surface area contributed by atoms with E-state index in [0.717, 1.165) is 46.4 Å². The molecule has 0 bridgehead atoms. The molecular weight excluding hydrogens is 428 g/mol. The molecule has 0 spiro atoms. The fourth-order valence-corrected chi connectivity index (χ4v) is 5.13. The Balaban J connectivity index is 1.76. The van der Waals surface area contributed by atoms with Gasteiger partial charge in [-0.15, -0.1) is 0 Å². The molecule has 9 heteroatoms. The standard InChI is InChI=1S/C21H23ClN2O5S/c1-27-19-7-6-17(14-20(19)28-2)30(25,26)24(22)16-12-15-8-11-29-21(15)18(13-16)23-9-4-3-5-10-23/h6-8,11-14H,3-5,9-10H2,1-2H3. The minimum atomic E-state index is -4.03. The van der Waals surface area contributed by atoms with Gasteiger partial charge in [-0.2, -0.15) is 12.2 Å². The maximum atomic E-state index is 13.2. The highest BCUT2D eigenvalue weighted by Gasteiger charge is 2.27. The highest BCUT2D eigenvalue weighted by atomic mass is 35.5. The number of hydrogen-bond donors (Lipinski definition) is 0. The second-order valence-corrected chi connectivity index (χ2v) is 9.41. The molecule has 3 aromatic rings. The zero-order valence-electron chi connectivity index (χ0n) is 16.8. The van der Waals surface area contributed by atoms with Gasteiger partial charge in [0.2, 0.25) is 0 Å². The summed E-state index contributed by atoms with van der Waals surface area (Å²) in [6.07, 6.45) is 4.96. The first-order chi connectivity index (χ1) is 14.5. The number of fused-ring (bicyclic) bond motifs is 1. The van der Waals surface area contributed by atoms with Gasteiger partial charge in [-0.05, 0) is 49.6 Å². The topological polar surface area (TPSA) is 72.2 Å². The molecule has 0 saturated carbocycles. The van der Waals surface area contributed by atoms with Gasteiger partial charge in [0.25, 0.3) is 10.0 Å². The van der Waals surface area contributed by atoms with Crippen LogP contribution in [0.4, 0.5) is 11.4 Å². The van der Waals surface area contributed by atoms with E-state index in [1.807, 2.05) is 0 Å². The van der Waals surface area contributed by atoms with Crippen LogP contribution in [0.1, 0.15) is 19.3 Å². The largest absolute Gasteiger partial charge is 0.493 e. The Morgan fingerprint density at radius 2 is 1.73 bits per heavy atom. The first-order valence-electron chi connectivity index (χ1n) is 9.65.